The third-order valence-electron chi connectivity index (χ3n) is 3.91. The van der Waals surface area contributed by atoms with E-state index in [1.807, 2.05) is 24.3 Å². The molecule has 25 heavy (non-hydrogen) atoms. The van der Waals surface area contributed by atoms with Crippen LogP contribution >= 0.6 is 0 Å². The maximum atomic E-state index is 12.4. The first kappa shape index (κ1) is 18.9. The predicted octanol–water partition coefficient (Wildman–Crippen LogP) is 2.50. The number of carbonyl (C=O) groups is 1. The predicted molar refractivity (Wildman–Crippen MR) is 94.2 cm³/mol. The molecule has 0 spiro atoms. The van der Waals surface area contributed by atoms with Gasteiger partial charge in [-0.3, -0.25) is 4.79 Å². The topological polar surface area (TPSA) is 103 Å². The van der Waals surface area contributed by atoms with Crippen molar-refractivity contribution in [3.63, 3.8) is 0 Å². The van der Waals surface area contributed by atoms with E-state index < -0.39 is 6.04 Å². The highest BCUT2D eigenvalue weighted by Gasteiger charge is 2.24. The largest absolute Gasteiger partial charge is 0.496 e. The number of aromatic nitrogens is 2. The number of methoxy groups -OCH3 is 1. The number of nitrogens with one attached hydrogen (secondary N) is 1. The van der Waals surface area contributed by atoms with Crippen LogP contribution in [-0.4, -0.2) is 29.7 Å². The molecule has 0 aliphatic rings. The molecule has 0 saturated heterocycles. The number of nitrogens with two attached hydrogens (primary N) is 1. The molecule has 1 heterocycles. The normalized spacial score (nSPS) is 12.0. The van der Waals surface area contributed by atoms with Gasteiger partial charge in [-0.25, -0.2) is 0 Å². The van der Waals surface area contributed by atoms with Crippen LogP contribution in [0.2, 0.25) is 0 Å². The van der Waals surface area contributed by atoms with Crippen LogP contribution in [0.15, 0.2) is 28.8 Å². The number of rotatable bonds is 10. The Kier molecular flexibility index (Phi) is 7.40. The van der Waals surface area contributed by atoms with Gasteiger partial charge in [0.05, 0.1) is 7.11 Å². The summed E-state index contributed by atoms with van der Waals surface area (Å²) in [6.45, 7) is 2.41. The zero-order valence-electron chi connectivity index (χ0n) is 14.8. The van der Waals surface area contributed by atoms with Crippen molar-refractivity contribution in [3.05, 3.63) is 41.5 Å². The molecule has 1 unspecified atom stereocenters. The molecule has 1 amide bonds. The summed E-state index contributed by atoms with van der Waals surface area (Å²) in [4.78, 5) is 16.7. The van der Waals surface area contributed by atoms with E-state index in [9.17, 15) is 4.79 Å². The lowest BCUT2D eigenvalue weighted by molar-refractivity contribution is -0.121. The Balaban J connectivity index is 2.09. The Morgan fingerprint density at radius 1 is 1.28 bits per heavy atom. The third-order valence-corrected chi connectivity index (χ3v) is 3.91. The summed E-state index contributed by atoms with van der Waals surface area (Å²) < 4.78 is 10.5. The second-order valence-corrected chi connectivity index (χ2v) is 5.87. The van der Waals surface area contributed by atoms with Crippen LogP contribution in [0.25, 0.3) is 0 Å². The number of unbranched alkanes of at least 4 members (excludes halogenated alkanes) is 3. The van der Waals surface area contributed by atoms with Crippen LogP contribution in [0.5, 0.6) is 5.75 Å². The summed E-state index contributed by atoms with van der Waals surface area (Å²) in [5.74, 6) is 1.48. The van der Waals surface area contributed by atoms with E-state index in [2.05, 4.69) is 15.5 Å². The second-order valence-electron chi connectivity index (χ2n) is 5.87. The summed E-state index contributed by atoms with van der Waals surface area (Å²) in [5, 5.41) is 6.97. The van der Waals surface area contributed by atoms with Gasteiger partial charge in [-0.2, -0.15) is 4.98 Å². The molecule has 1 aromatic heterocycles. The Bertz CT molecular complexity index is 672. The highest BCUT2D eigenvalue weighted by Crippen LogP contribution is 2.28. The van der Waals surface area contributed by atoms with Gasteiger partial charge in [0.2, 0.25) is 11.8 Å². The first-order valence-corrected chi connectivity index (χ1v) is 8.58. The molecular weight excluding hydrogens is 320 g/mol. The quantitative estimate of drug-likeness (QED) is 0.641. The van der Waals surface area contributed by atoms with Gasteiger partial charge in [0.1, 0.15) is 11.8 Å². The Morgan fingerprint density at radius 2 is 2.04 bits per heavy atom. The molecule has 7 heteroatoms. The Labute approximate surface area is 147 Å². The van der Waals surface area contributed by atoms with Crippen molar-refractivity contribution in [2.75, 3.05) is 13.7 Å². The van der Waals surface area contributed by atoms with Crippen molar-refractivity contribution >= 4 is 5.91 Å². The first-order valence-electron chi connectivity index (χ1n) is 8.58. The Morgan fingerprint density at radius 3 is 2.72 bits per heavy atom. The minimum Gasteiger partial charge on any atom is -0.496 e. The number of hydrogen-bond acceptors (Lipinski definition) is 6. The molecule has 136 valence electrons. The van der Waals surface area contributed by atoms with Crippen LogP contribution in [0.3, 0.4) is 0 Å². The highest BCUT2D eigenvalue weighted by molar-refractivity contribution is 5.77. The second kappa shape index (κ2) is 9.78. The van der Waals surface area contributed by atoms with E-state index >= 15 is 0 Å². The maximum absolute atomic E-state index is 12.4. The summed E-state index contributed by atoms with van der Waals surface area (Å²) in [7, 11) is 1.59. The van der Waals surface area contributed by atoms with Crippen molar-refractivity contribution in [1.29, 1.82) is 0 Å². The van der Waals surface area contributed by atoms with Crippen LogP contribution in [-0.2, 0) is 4.79 Å². The standard InChI is InChI=1S/C18H26N4O3/c1-13-20-18(22-25-13)17(14-9-6-7-10-15(14)24-2)21-16(23)11-5-3-4-8-12-19/h6-7,9-10,17H,3-5,8,11-12,19H2,1-2H3,(H,21,23). The van der Waals surface area contributed by atoms with E-state index in [1.165, 1.54) is 0 Å². The van der Waals surface area contributed by atoms with Crippen molar-refractivity contribution in [2.24, 2.45) is 5.73 Å². The number of aryl methyl sites for hydroxylation is 1. The SMILES string of the molecule is COc1ccccc1C(NC(=O)CCCCCCN)c1noc(C)n1. The molecular formula is C18H26N4O3. The number of para-hydroxylation sites is 1. The highest BCUT2D eigenvalue weighted by atomic mass is 16.5. The summed E-state index contributed by atoms with van der Waals surface area (Å²) >= 11 is 0. The summed E-state index contributed by atoms with van der Waals surface area (Å²) in [6.07, 6.45) is 4.31. The van der Waals surface area contributed by atoms with Gasteiger partial charge in [-0.15, -0.1) is 0 Å². The molecule has 0 aliphatic heterocycles. The number of benzene rings is 1. The van der Waals surface area contributed by atoms with Gasteiger partial charge in [-0.1, -0.05) is 36.2 Å². The van der Waals surface area contributed by atoms with Gasteiger partial charge in [0.25, 0.3) is 0 Å². The fourth-order valence-electron chi connectivity index (χ4n) is 2.64. The molecule has 2 aromatic rings. The minimum atomic E-state index is -0.509. The Hall–Kier alpha value is -2.41. The van der Waals surface area contributed by atoms with Gasteiger partial charge < -0.3 is 20.3 Å². The van der Waals surface area contributed by atoms with Crippen molar-refractivity contribution in [2.45, 2.75) is 45.1 Å². The fourth-order valence-corrected chi connectivity index (χ4v) is 2.64. The van der Waals surface area contributed by atoms with E-state index in [-0.39, 0.29) is 5.91 Å². The summed E-state index contributed by atoms with van der Waals surface area (Å²) in [5.41, 5.74) is 6.27. The lowest BCUT2D eigenvalue weighted by atomic mass is 10.0. The summed E-state index contributed by atoms with van der Waals surface area (Å²) in [6, 6.07) is 6.98. The molecule has 0 bridgehead atoms. The average Bonchev–Trinajstić information content (AvgIpc) is 3.05. The molecule has 7 nitrogen and oxygen atoms in total. The van der Waals surface area contributed by atoms with Gasteiger partial charge in [0.15, 0.2) is 5.82 Å². The number of nitrogens with zero attached hydrogens (tertiary/aromatic N) is 2. The molecule has 2 rings (SSSR count). The van der Waals surface area contributed by atoms with Crippen LogP contribution in [0.4, 0.5) is 0 Å². The molecule has 0 saturated carbocycles. The van der Waals surface area contributed by atoms with E-state index in [0.29, 0.717) is 30.4 Å². The minimum absolute atomic E-state index is 0.0499. The van der Waals surface area contributed by atoms with Crippen molar-refractivity contribution in [3.8, 4) is 5.75 Å². The molecule has 0 aliphatic carbocycles. The van der Waals surface area contributed by atoms with Crippen molar-refractivity contribution < 1.29 is 14.1 Å². The van der Waals surface area contributed by atoms with Crippen molar-refractivity contribution in [1.82, 2.24) is 15.5 Å². The number of carbonyl (C=O) groups excluding carboxylic acids is 1. The first-order chi connectivity index (χ1) is 12.2. The smallest absolute Gasteiger partial charge is 0.223 e. The molecule has 1 aromatic carbocycles. The lowest BCUT2D eigenvalue weighted by Gasteiger charge is -2.18. The fraction of sp³-hybridized carbons (Fsp3) is 0.500. The number of amides is 1. The van der Waals surface area contributed by atoms with Crippen LogP contribution < -0.4 is 15.8 Å². The molecule has 0 radical (unpaired) electrons. The monoisotopic (exact) mass is 346 g/mol. The van der Waals surface area contributed by atoms with E-state index in [1.54, 1.807) is 14.0 Å². The van der Waals surface area contributed by atoms with Crippen LogP contribution in [0, 0.1) is 6.92 Å². The lowest BCUT2D eigenvalue weighted by Crippen LogP contribution is -2.30. The maximum Gasteiger partial charge on any atom is 0.223 e. The zero-order chi connectivity index (χ0) is 18.1. The average molecular weight is 346 g/mol. The van der Waals surface area contributed by atoms with Crippen LogP contribution in [0.1, 0.15) is 55.4 Å². The number of hydrogen-bond donors (Lipinski definition) is 2. The van der Waals surface area contributed by atoms with E-state index in [0.717, 1.165) is 31.2 Å². The molecule has 1 atom stereocenters. The zero-order valence-corrected chi connectivity index (χ0v) is 14.8. The molecule has 0 fully saturated rings. The van der Waals surface area contributed by atoms with E-state index in [4.69, 9.17) is 15.0 Å². The van der Waals surface area contributed by atoms with Gasteiger partial charge in [-0.05, 0) is 25.5 Å². The molecule has 3 N–H and O–H groups in total. The number of ether oxygens (including phenoxy) is 1. The third kappa shape index (κ3) is 5.56. The van der Waals surface area contributed by atoms with Gasteiger partial charge in [0, 0.05) is 18.9 Å². The van der Waals surface area contributed by atoms with Gasteiger partial charge >= 0.3 is 0 Å².